The molecule has 0 aliphatic carbocycles. The molecule has 7 nitrogen and oxygen atoms in total. The van der Waals surface area contributed by atoms with Crippen LogP contribution in [0.3, 0.4) is 0 Å². The van der Waals surface area contributed by atoms with Crippen LogP contribution in [0.4, 0.5) is 0 Å². The number of hydrogen-bond acceptors (Lipinski definition) is 7. The molecular weight excluding hydrogens is 290 g/mol. The molecule has 0 radical (unpaired) electrons. The summed E-state index contributed by atoms with van der Waals surface area (Å²) in [6.45, 7) is 3.20. The van der Waals surface area contributed by atoms with Crippen LogP contribution in [0.1, 0.15) is 25.7 Å². The van der Waals surface area contributed by atoms with Crippen molar-refractivity contribution in [3.05, 3.63) is 0 Å². The third-order valence-electron chi connectivity index (χ3n) is 2.81. The van der Waals surface area contributed by atoms with Crippen molar-refractivity contribution in [2.75, 3.05) is 60.3 Å². The topological polar surface area (TPSA) is 74.3 Å². The standard InChI is InChI=1S/C15H29NO6/c1-16(7-8-17)22-14-15(18)6-11-20-9-4-3-5-10-21-13-12-19-2/h8H,3-7,9-14H2,1-2H3. The number of ether oxygens (including phenoxy) is 3. The highest BCUT2D eigenvalue weighted by Crippen LogP contribution is 1.98. The number of carbonyl (C=O) groups is 2. The predicted molar refractivity (Wildman–Crippen MR) is 81.6 cm³/mol. The molecule has 0 aromatic rings. The molecule has 0 rings (SSSR count). The van der Waals surface area contributed by atoms with Crippen molar-refractivity contribution in [1.29, 1.82) is 0 Å². The Labute approximate surface area is 132 Å². The maximum Gasteiger partial charge on any atom is 0.162 e. The van der Waals surface area contributed by atoms with Crippen molar-refractivity contribution in [3.8, 4) is 0 Å². The minimum atomic E-state index is -0.0377. The number of likely N-dealkylation sites (N-methyl/N-ethyl adjacent to an activating group) is 1. The first-order chi connectivity index (χ1) is 10.7. The average Bonchev–Trinajstić information content (AvgIpc) is 2.51. The lowest BCUT2D eigenvalue weighted by atomic mass is 10.2. The van der Waals surface area contributed by atoms with Gasteiger partial charge < -0.3 is 19.0 Å². The lowest BCUT2D eigenvalue weighted by Gasteiger charge is -2.12. The average molecular weight is 319 g/mol. The van der Waals surface area contributed by atoms with E-state index in [4.69, 9.17) is 19.0 Å². The van der Waals surface area contributed by atoms with Gasteiger partial charge in [0, 0.05) is 33.8 Å². The Bertz CT molecular complexity index is 275. The van der Waals surface area contributed by atoms with Crippen LogP contribution in [0.15, 0.2) is 0 Å². The smallest absolute Gasteiger partial charge is 0.162 e. The highest BCUT2D eigenvalue weighted by molar-refractivity contribution is 5.79. The van der Waals surface area contributed by atoms with Crippen LogP contribution >= 0.6 is 0 Å². The highest BCUT2D eigenvalue weighted by Gasteiger charge is 2.05. The lowest BCUT2D eigenvalue weighted by molar-refractivity contribution is -0.160. The van der Waals surface area contributed by atoms with Crippen molar-refractivity contribution in [3.63, 3.8) is 0 Å². The lowest BCUT2D eigenvalue weighted by Crippen LogP contribution is -2.25. The molecular formula is C15H29NO6. The first-order valence-corrected chi connectivity index (χ1v) is 7.64. The second-order valence-electron chi connectivity index (χ2n) is 4.82. The van der Waals surface area contributed by atoms with Crippen molar-refractivity contribution in [2.45, 2.75) is 25.7 Å². The number of aldehydes is 1. The van der Waals surface area contributed by atoms with E-state index in [1.807, 2.05) is 0 Å². The quantitative estimate of drug-likeness (QED) is 0.224. The molecule has 0 amide bonds. The summed E-state index contributed by atoms with van der Waals surface area (Å²) in [6, 6.07) is 0. The highest BCUT2D eigenvalue weighted by atomic mass is 16.7. The molecule has 130 valence electrons. The third kappa shape index (κ3) is 15.5. The molecule has 0 bridgehead atoms. The van der Waals surface area contributed by atoms with Gasteiger partial charge in [0.05, 0.1) is 26.4 Å². The number of unbranched alkanes of at least 4 members (excludes halogenated alkanes) is 2. The number of nitrogens with zero attached hydrogens (tertiary/aromatic N) is 1. The summed E-state index contributed by atoms with van der Waals surface area (Å²) in [7, 11) is 3.26. The summed E-state index contributed by atoms with van der Waals surface area (Å²) in [5.41, 5.74) is 0. The molecule has 0 atom stereocenters. The Hall–Kier alpha value is -0.860. The zero-order valence-corrected chi connectivity index (χ0v) is 13.8. The zero-order valence-electron chi connectivity index (χ0n) is 13.8. The van der Waals surface area contributed by atoms with Gasteiger partial charge in [0.15, 0.2) is 5.78 Å². The van der Waals surface area contributed by atoms with Gasteiger partial charge in [-0.15, -0.1) is 0 Å². The Morgan fingerprint density at radius 1 is 1.00 bits per heavy atom. The molecule has 0 unspecified atom stereocenters. The second-order valence-corrected chi connectivity index (χ2v) is 4.82. The van der Waals surface area contributed by atoms with Gasteiger partial charge in [-0.1, -0.05) is 0 Å². The van der Waals surface area contributed by atoms with Gasteiger partial charge in [0.25, 0.3) is 0 Å². The van der Waals surface area contributed by atoms with Gasteiger partial charge in [-0.3, -0.25) is 9.63 Å². The predicted octanol–water partition coefficient (Wildman–Crippen LogP) is 0.858. The summed E-state index contributed by atoms with van der Waals surface area (Å²) in [6.07, 6.45) is 4.05. The molecule has 0 aliphatic rings. The SMILES string of the molecule is COCCOCCCCCOCCC(=O)CON(C)CC=O. The Morgan fingerprint density at radius 3 is 2.32 bits per heavy atom. The van der Waals surface area contributed by atoms with Crippen LogP contribution in [-0.2, 0) is 28.6 Å². The van der Waals surface area contributed by atoms with Gasteiger partial charge in [-0.05, 0) is 19.3 Å². The number of Topliss-reactive ketones (excluding diaryl/α,β-unsaturated/α-hetero) is 1. The Morgan fingerprint density at radius 2 is 1.68 bits per heavy atom. The van der Waals surface area contributed by atoms with Gasteiger partial charge >= 0.3 is 0 Å². The van der Waals surface area contributed by atoms with Crippen LogP contribution in [0.2, 0.25) is 0 Å². The van der Waals surface area contributed by atoms with Gasteiger partial charge in [-0.2, -0.15) is 5.06 Å². The Balaban J connectivity index is 3.21. The van der Waals surface area contributed by atoms with Crippen molar-refractivity contribution in [1.82, 2.24) is 5.06 Å². The monoisotopic (exact) mass is 319 g/mol. The molecule has 0 heterocycles. The third-order valence-corrected chi connectivity index (χ3v) is 2.81. The summed E-state index contributed by atoms with van der Waals surface area (Å²) >= 11 is 0. The van der Waals surface area contributed by atoms with Gasteiger partial charge in [0.2, 0.25) is 0 Å². The molecule has 0 saturated carbocycles. The number of rotatable bonds is 17. The van der Waals surface area contributed by atoms with E-state index in [0.717, 1.165) is 32.2 Å². The van der Waals surface area contributed by atoms with Gasteiger partial charge in [0.1, 0.15) is 12.9 Å². The van der Waals surface area contributed by atoms with E-state index >= 15 is 0 Å². The minimum absolute atomic E-state index is 0.0213. The number of hydroxylamine groups is 2. The van der Waals surface area contributed by atoms with E-state index in [1.165, 1.54) is 5.06 Å². The van der Waals surface area contributed by atoms with Crippen molar-refractivity contribution < 1.29 is 28.6 Å². The fourth-order valence-electron chi connectivity index (χ4n) is 1.53. The van der Waals surface area contributed by atoms with Crippen molar-refractivity contribution in [2.24, 2.45) is 0 Å². The Kier molecular flexibility index (Phi) is 15.9. The molecule has 7 heteroatoms. The molecule has 0 saturated heterocycles. The zero-order chi connectivity index (χ0) is 16.5. The maximum atomic E-state index is 11.5. The van der Waals surface area contributed by atoms with Crippen LogP contribution in [0.5, 0.6) is 0 Å². The van der Waals surface area contributed by atoms with Crippen LogP contribution in [-0.4, -0.2) is 77.5 Å². The van der Waals surface area contributed by atoms with E-state index in [0.29, 0.717) is 32.8 Å². The molecule has 0 aromatic carbocycles. The maximum absolute atomic E-state index is 11.5. The van der Waals surface area contributed by atoms with E-state index in [9.17, 15) is 9.59 Å². The molecule has 22 heavy (non-hydrogen) atoms. The summed E-state index contributed by atoms with van der Waals surface area (Å²) in [4.78, 5) is 26.7. The minimum Gasteiger partial charge on any atom is -0.382 e. The van der Waals surface area contributed by atoms with E-state index in [1.54, 1.807) is 14.2 Å². The van der Waals surface area contributed by atoms with Crippen LogP contribution in [0, 0.1) is 0 Å². The molecule has 0 spiro atoms. The first kappa shape index (κ1) is 21.1. The molecule has 0 fully saturated rings. The number of carbonyl (C=O) groups excluding carboxylic acids is 2. The molecule has 0 N–H and O–H groups in total. The summed E-state index contributed by atoms with van der Waals surface area (Å²) in [5, 5.41) is 1.33. The first-order valence-electron chi connectivity index (χ1n) is 7.64. The second kappa shape index (κ2) is 16.5. The normalized spacial score (nSPS) is 11.0. The summed E-state index contributed by atoms with van der Waals surface area (Å²) in [5.74, 6) is -0.0377. The fourth-order valence-corrected chi connectivity index (χ4v) is 1.53. The fraction of sp³-hybridized carbons (Fsp3) is 0.867. The van der Waals surface area contributed by atoms with E-state index in [2.05, 4.69) is 0 Å². The summed E-state index contributed by atoms with van der Waals surface area (Å²) < 4.78 is 15.6. The van der Waals surface area contributed by atoms with E-state index in [-0.39, 0.29) is 18.9 Å². The van der Waals surface area contributed by atoms with Crippen LogP contribution < -0.4 is 0 Å². The van der Waals surface area contributed by atoms with Gasteiger partial charge in [-0.25, -0.2) is 0 Å². The van der Waals surface area contributed by atoms with E-state index < -0.39 is 0 Å². The largest absolute Gasteiger partial charge is 0.382 e. The molecule has 0 aromatic heterocycles. The number of methoxy groups -OCH3 is 1. The van der Waals surface area contributed by atoms with Crippen molar-refractivity contribution >= 4 is 12.1 Å². The van der Waals surface area contributed by atoms with Crippen LogP contribution in [0.25, 0.3) is 0 Å². The number of hydrogen-bond donors (Lipinski definition) is 0. The number of ketones is 1. The molecule has 0 aliphatic heterocycles.